The van der Waals surface area contributed by atoms with Crippen LogP contribution in [0.25, 0.3) is 0 Å². The number of carbonyl (C=O) groups is 1. The molecule has 0 saturated carbocycles. The zero-order valence-corrected chi connectivity index (χ0v) is 12.4. The first-order valence-corrected chi connectivity index (χ1v) is 7.07. The fraction of sp³-hybridized carbons (Fsp3) is 0.235. The van der Waals surface area contributed by atoms with Crippen molar-refractivity contribution < 1.29 is 13.9 Å². The van der Waals surface area contributed by atoms with Crippen LogP contribution in [0.5, 0.6) is 5.75 Å². The van der Waals surface area contributed by atoms with Gasteiger partial charge in [0.2, 0.25) is 5.91 Å². The topological polar surface area (TPSA) is 50.4 Å². The van der Waals surface area contributed by atoms with E-state index in [0.717, 1.165) is 11.3 Å². The van der Waals surface area contributed by atoms with Crippen molar-refractivity contribution in [2.45, 2.75) is 6.42 Å². The summed E-state index contributed by atoms with van der Waals surface area (Å²) in [5, 5.41) is 5.57. The van der Waals surface area contributed by atoms with Crippen LogP contribution in [0.1, 0.15) is 5.56 Å². The van der Waals surface area contributed by atoms with E-state index in [1.807, 2.05) is 24.3 Å². The summed E-state index contributed by atoms with van der Waals surface area (Å²) in [6, 6.07) is 14.0. The number of anilines is 1. The third kappa shape index (κ3) is 4.77. The van der Waals surface area contributed by atoms with Gasteiger partial charge in [0.25, 0.3) is 0 Å². The molecule has 0 aliphatic heterocycles. The standard InChI is InChI=1S/C17H19FN2O2/c1-22-14-6-4-5-13(11-14)9-10-19-17(21)12-20-16-8-3-2-7-15(16)18/h2-8,11,20H,9-10,12H2,1H3,(H,19,21). The summed E-state index contributed by atoms with van der Waals surface area (Å²) >= 11 is 0. The number of para-hydroxylation sites is 1. The fourth-order valence-electron chi connectivity index (χ4n) is 2.02. The highest BCUT2D eigenvalue weighted by molar-refractivity contribution is 5.80. The number of methoxy groups -OCH3 is 1. The maximum Gasteiger partial charge on any atom is 0.239 e. The Morgan fingerprint density at radius 1 is 1.18 bits per heavy atom. The third-order valence-corrected chi connectivity index (χ3v) is 3.18. The van der Waals surface area contributed by atoms with Gasteiger partial charge in [0.15, 0.2) is 0 Å². The second-order valence-corrected chi connectivity index (χ2v) is 4.78. The fourth-order valence-corrected chi connectivity index (χ4v) is 2.02. The number of hydrogen-bond acceptors (Lipinski definition) is 3. The molecule has 116 valence electrons. The number of ether oxygens (including phenoxy) is 1. The lowest BCUT2D eigenvalue weighted by Crippen LogP contribution is -2.31. The normalized spacial score (nSPS) is 10.1. The van der Waals surface area contributed by atoms with Gasteiger partial charge >= 0.3 is 0 Å². The Kier molecular flexibility index (Phi) is 5.77. The van der Waals surface area contributed by atoms with Crippen LogP contribution in [0.3, 0.4) is 0 Å². The Bertz CT molecular complexity index is 632. The zero-order valence-electron chi connectivity index (χ0n) is 12.4. The maximum absolute atomic E-state index is 13.4. The van der Waals surface area contributed by atoms with Crippen molar-refractivity contribution in [2.24, 2.45) is 0 Å². The van der Waals surface area contributed by atoms with Gasteiger partial charge in [-0.05, 0) is 36.2 Å². The van der Waals surface area contributed by atoms with Crippen LogP contribution >= 0.6 is 0 Å². The van der Waals surface area contributed by atoms with Gasteiger partial charge in [-0.15, -0.1) is 0 Å². The van der Waals surface area contributed by atoms with Crippen LogP contribution in [-0.2, 0) is 11.2 Å². The van der Waals surface area contributed by atoms with E-state index in [0.29, 0.717) is 18.7 Å². The van der Waals surface area contributed by atoms with Crippen LogP contribution in [0.2, 0.25) is 0 Å². The lowest BCUT2D eigenvalue weighted by atomic mass is 10.1. The molecule has 0 fully saturated rings. The SMILES string of the molecule is COc1cccc(CCNC(=O)CNc2ccccc2F)c1. The Morgan fingerprint density at radius 2 is 2.00 bits per heavy atom. The lowest BCUT2D eigenvalue weighted by Gasteiger charge is -2.09. The Hall–Kier alpha value is -2.56. The molecule has 0 unspecified atom stereocenters. The average Bonchev–Trinajstić information content (AvgIpc) is 2.54. The molecule has 0 bridgehead atoms. The first-order chi connectivity index (χ1) is 10.7. The minimum atomic E-state index is -0.369. The molecule has 0 aromatic heterocycles. The van der Waals surface area contributed by atoms with Crippen molar-refractivity contribution in [1.82, 2.24) is 5.32 Å². The van der Waals surface area contributed by atoms with Gasteiger partial charge in [0.1, 0.15) is 11.6 Å². The van der Waals surface area contributed by atoms with Gasteiger partial charge < -0.3 is 15.4 Å². The minimum absolute atomic E-state index is 0.0407. The molecular formula is C17H19FN2O2. The number of carbonyl (C=O) groups excluding carboxylic acids is 1. The van der Waals surface area contributed by atoms with Gasteiger partial charge in [-0.2, -0.15) is 0 Å². The molecule has 0 saturated heterocycles. The van der Waals surface area contributed by atoms with Crippen molar-refractivity contribution in [2.75, 3.05) is 25.5 Å². The molecule has 4 nitrogen and oxygen atoms in total. The second-order valence-electron chi connectivity index (χ2n) is 4.78. The van der Waals surface area contributed by atoms with Crippen molar-refractivity contribution in [3.8, 4) is 5.75 Å². The van der Waals surface area contributed by atoms with Gasteiger partial charge in [-0.1, -0.05) is 24.3 Å². The van der Waals surface area contributed by atoms with Crippen LogP contribution < -0.4 is 15.4 Å². The highest BCUT2D eigenvalue weighted by Gasteiger charge is 2.04. The highest BCUT2D eigenvalue weighted by Crippen LogP contribution is 2.13. The van der Waals surface area contributed by atoms with Crippen LogP contribution in [0.15, 0.2) is 48.5 Å². The predicted octanol–water partition coefficient (Wildman–Crippen LogP) is 2.61. The van der Waals surface area contributed by atoms with E-state index in [9.17, 15) is 9.18 Å². The molecule has 2 N–H and O–H groups in total. The Balaban J connectivity index is 1.72. The van der Waals surface area contributed by atoms with Crippen LogP contribution in [-0.4, -0.2) is 26.1 Å². The Labute approximate surface area is 129 Å². The molecule has 5 heteroatoms. The quantitative estimate of drug-likeness (QED) is 0.826. The number of rotatable bonds is 7. The summed E-state index contributed by atoms with van der Waals surface area (Å²) in [6.45, 7) is 0.560. The van der Waals surface area contributed by atoms with Crippen LogP contribution in [0.4, 0.5) is 10.1 Å². The van der Waals surface area contributed by atoms with Crippen molar-refractivity contribution in [3.63, 3.8) is 0 Å². The summed E-state index contributed by atoms with van der Waals surface area (Å²) in [4.78, 5) is 11.7. The Morgan fingerprint density at radius 3 is 2.77 bits per heavy atom. The zero-order chi connectivity index (χ0) is 15.8. The predicted molar refractivity (Wildman–Crippen MR) is 84.6 cm³/mol. The van der Waals surface area contributed by atoms with E-state index in [4.69, 9.17) is 4.74 Å². The molecule has 1 amide bonds. The molecule has 0 aliphatic rings. The number of benzene rings is 2. The minimum Gasteiger partial charge on any atom is -0.497 e. The number of amides is 1. The molecule has 0 heterocycles. The first kappa shape index (κ1) is 15.8. The van der Waals surface area contributed by atoms with Gasteiger partial charge in [0.05, 0.1) is 19.3 Å². The molecule has 0 radical (unpaired) electrons. The van der Waals surface area contributed by atoms with Crippen molar-refractivity contribution in [1.29, 1.82) is 0 Å². The van der Waals surface area contributed by atoms with Crippen molar-refractivity contribution in [3.05, 3.63) is 59.9 Å². The largest absolute Gasteiger partial charge is 0.497 e. The molecule has 0 spiro atoms. The number of nitrogens with one attached hydrogen (secondary N) is 2. The van der Waals surface area contributed by atoms with Gasteiger partial charge in [0, 0.05) is 6.54 Å². The van der Waals surface area contributed by atoms with Crippen molar-refractivity contribution >= 4 is 11.6 Å². The molecule has 2 aromatic rings. The van der Waals surface area contributed by atoms with E-state index in [1.165, 1.54) is 6.07 Å². The molecular weight excluding hydrogens is 283 g/mol. The lowest BCUT2D eigenvalue weighted by molar-refractivity contribution is -0.119. The van der Waals surface area contributed by atoms with E-state index in [2.05, 4.69) is 10.6 Å². The van der Waals surface area contributed by atoms with E-state index >= 15 is 0 Å². The number of halogens is 1. The molecule has 22 heavy (non-hydrogen) atoms. The summed E-state index contributed by atoms with van der Waals surface area (Å²) in [5.41, 5.74) is 1.41. The average molecular weight is 302 g/mol. The summed E-state index contributed by atoms with van der Waals surface area (Å²) in [6.07, 6.45) is 0.711. The van der Waals surface area contributed by atoms with E-state index in [1.54, 1.807) is 25.3 Å². The van der Waals surface area contributed by atoms with Crippen LogP contribution in [0, 0.1) is 5.82 Å². The summed E-state index contributed by atoms with van der Waals surface area (Å²) in [5.74, 6) is 0.253. The summed E-state index contributed by atoms with van der Waals surface area (Å²) < 4.78 is 18.5. The second kappa shape index (κ2) is 8.02. The van der Waals surface area contributed by atoms with E-state index < -0.39 is 0 Å². The van der Waals surface area contributed by atoms with Gasteiger partial charge in [-0.25, -0.2) is 4.39 Å². The molecule has 2 aromatic carbocycles. The monoisotopic (exact) mass is 302 g/mol. The summed E-state index contributed by atoms with van der Waals surface area (Å²) in [7, 11) is 1.62. The smallest absolute Gasteiger partial charge is 0.239 e. The first-order valence-electron chi connectivity index (χ1n) is 7.07. The molecule has 0 atom stereocenters. The molecule has 2 rings (SSSR count). The maximum atomic E-state index is 13.4. The molecule has 0 aliphatic carbocycles. The third-order valence-electron chi connectivity index (χ3n) is 3.18. The van der Waals surface area contributed by atoms with E-state index in [-0.39, 0.29) is 18.3 Å². The number of hydrogen-bond donors (Lipinski definition) is 2. The van der Waals surface area contributed by atoms with Gasteiger partial charge in [-0.3, -0.25) is 4.79 Å². The highest BCUT2D eigenvalue weighted by atomic mass is 19.1.